The van der Waals surface area contributed by atoms with Crippen LogP contribution in [0.2, 0.25) is 0 Å². The highest BCUT2D eigenvalue weighted by Crippen LogP contribution is 2.18. The number of carboxylic acids is 1. The first kappa shape index (κ1) is 13.6. The van der Waals surface area contributed by atoms with E-state index in [1.165, 1.54) is 5.56 Å². The normalized spacial score (nSPS) is 10.2. The summed E-state index contributed by atoms with van der Waals surface area (Å²) in [6.45, 7) is 0.770. The zero-order valence-electron chi connectivity index (χ0n) is 10.5. The maximum absolute atomic E-state index is 10.8. The molecular formula is C15H14BrNO2. The van der Waals surface area contributed by atoms with Crippen LogP contribution >= 0.6 is 15.9 Å². The van der Waals surface area contributed by atoms with Crippen LogP contribution in [0.15, 0.2) is 53.0 Å². The number of carboxylic acid groups (broad SMARTS) is 1. The number of benzene rings is 2. The molecule has 0 spiro atoms. The molecule has 4 heteroatoms. The van der Waals surface area contributed by atoms with Crippen molar-refractivity contribution in [2.24, 2.45) is 0 Å². The lowest BCUT2D eigenvalue weighted by Gasteiger charge is -2.19. The molecule has 0 aliphatic heterocycles. The molecule has 0 bridgehead atoms. The van der Waals surface area contributed by atoms with Gasteiger partial charge in [0.2, 0.25) is 0 Å². The van der Waals surface area contributed by atoms with Gasteiger partial charge < -0.3 is 10.0 Å². The van der Waals surface area contributed by atoms with Gasteiger partial charge in [-0.2, -0.15) is 0 Å². The molecule has 0 saturated heterocycles. The van der Waals surface area contributed by atoms with Crippen LogP contribution in [-0.2, 0) is 6.54 Å². The van der Waals surface area contributed by atoms with Crippen molar-refractivity contribution in [3.63, 3.8) is 0 Å². The standard InChI is InChI=1S/C15H14BrNO2/c1-17(10-11-3-2-4-13(16)9-11)14-7-5-12(6-8-14)15(18)19/h2-9H,10H2,1H3,(H,18,19). The van der Waals surface area contributed by atoms with Crippen LogP contribution in [0.4, 0.5) is 5.69 Å². The quantitative estimate of drug-likeness (QED) is 0.932. The molecule has 0 radical (unpaired) electrons. The SMILES string of the molecule is CN(Cc1cccc(Br)c1)c1ccc(C(=O)O)cc1. The molecule has 0 fully saturated rings. The van der Waals surface area contributed by atoms with Gasteiger partial charge in [-0.05, 0) is 42.0 Å². The van der Waals surface area contributed by atoms with Gasteiger partial charge in [0, 0.05) is 23.8 Å². The molecule has 0 atom stereocenters. The molecule has 0 saturated carbocycles. The second-order valence-electron chi connectivity index (χ2n) is 4.34. The van der Waals surface area contributed by atoms with Gasteiger partial charge in [0.1, 0.15) is 0 Å². The first-order valence-electron chi connectivity index (χ1n) is 5.85. The van der Waals surface area contributed by atoms with Crippen LogP contribution in [0.1, 0.15) is 15.9 Å². The summed E-state index contributed by atoms with van der Waals surface area (Å²) in [4.78, 5) is 12.9. The summed E-state index contributed by atoms with van der Waals surface area (Å²) in [7, 11) is 1.98. The van der Waals surface area contributed by atoms with Crippen molar-refractivity contribution in [2.75, 3.05) is 11.9 Å². The molecule has 2 aromatic rings. The minimum absolute atomic E-state index is 0.305. The number of hydrogen-bond donors (Lipinski definition) is 1. The van der Waals surface area contributed by atoms with Crippen molar-refractivity contribution in [3.05, 3.63) is 64.1 Å². The van der Waals surface area contributed by atoms with E-state index in [0.29, 0.717) is 5.56 Å². The Bertz CT molecular complexity index is 581. The average Bonchev–Trinajstić information content (AvgIpc) is 2.39. The van der Waals surface area contributed by atoms with Crippen molar-refractivity contribution in [2.45, 2.75) is 6.54 Å². The van der Waals surface area contributed by atoms with E-state index in [1.807, 2.05) is 31.3 Å². The van der Waals surface area contributed by atoms with E-state index in [-0.39, 0.29) is 0 Å². The molecule has 0 unspecified atom stereocenters. The third kappa shape index (κ3) is 3.58. The molecule has 0 aliphatic carbocycles. The minimum Gasteiger partial charge on any atom is -0.478 e. The second kappa shape index (κ2) is 5.89. The molecule has 0 heterocycles. The van der Waals surface area contributed by atoms with E-state index < -0.39 is 5.97 Å². The number of halogens is 1. The summed E-state index contributed by atoms with van der Waals surface area (Å²) < 4.78 is 1.06. The lowest BCUT2D eigenvalue weighted by Crippen LogP contribution is -2.16. The Morgan fingerprint density at radius 3 is 2.47 bits per heavy atom. The van der Waals surface area contributed by atoms with Gasteiger partial charge in [0.05, 0.1) is 5.56 Å². The van der Waals surface area contributed by atoms with E-state index in [2.05, 4.69) is 33.0 Å². The lowest BCUT2D eigenvalue weighted by atomic mass is 10.1. The van der Waals surface area contributed by atoms with Crippen LogP contribution in [0.5, 0.6) is 0 Å². The highest BCUT2D eigenvalue weighted by molar-refractivity contribution is 9.10. The summed E-state index contributed by atoms with van der Waals surface area (Å²) in [5.41, 5.74) is 2.49. The Balaban J connectivity index is 2.11. The third-order valence-electron chi connectivity index (χ3n) is 2.86. The zero-order valence-corrected chi connectivity index (χ0v) is 12.1. The summed E-state index contributed by atoms with van der Waals surface area (Å²) in [5.74, 6) is -0.902. The largest absolute Gasteiger partial charge is 0.478 e. The van der Waals surface area contributed by atoms with Crippen molar-refractivity contribution in [1.82, 2.24) is 0 Å². The molecule has 2 rings (SSSR count). The van der Waals surface area contributed by atoms with Crippen LogP contribution in [0.3, 0.4) is 0 Å². The number of rotatable bonds is 4. The molecule has 98 valence electrons. The Hall–Kier alpha value is -1.81. The first-order chi connectivity index (χ1) is 9.06. The second-order valence-corrected chi connectivity index (χ2v) is 5.25. The number of aromatic carboxylic acids is 1. The molecule has 1 N–H and O–H groups in total. The first-order valence-corrected chi connectivity index (χ1v) is 6.64. The highest BCUT2D eigenvalue weighted by atomic mass is 79.9. The van der Waals surface area contributed by atoms with Crippen molar-refractivity contribution in [3.8, 4) is 0 Å². The fourth-order valence-corrected chi connectivity index (χ4v) is 2.31. The van der Waals surface area contributed by atoms with E-state index in [9.17, 15) is 4.79 Å². The number of nitrogens with zero attached hydrogens (tertiary/aromatic N) is 1. The topological polar surface area (TPSA) is 40.5 Å². The molecule has 0 aromatic heterocycles. The zero-order chi connectivity index (χ0) is 13.8. The Morgan fingerprint density at radius 1 is 1.21 bits per heavy atom. The number of hydrogen-bond acceptors (Lipinski definition) is 2. The summed E-state index contributed by atoms with van der Waals surface area (Å²) in [5, 5.41) is 8.86. The van der Waals surface area contributed by atoms with Gasteiger partial charge in [-0.15, -0.1) is 0 Å². The molecular weight excluding hydrogens is 306 g/mol. The fraction of sp³-hybridized carbons (Fsp3) is 0.133. The number of carbonyl (C=O) groups is 1. The summed E-state index contributed by atoms with van der Waals surface area (Å²) >= 11 is 3.45. The smallest absolute Gasteiger partial charge is 0.335 e. The average molecular weight is 320 g/mol. The maximum atomic E-state index is 10.8. The van der Waals surface area contributed by atoms with E-state index in [1.54, 1.807) is 12.1 Å². The van der Waals surface area contributed by atoms with Gasteiger partial charge in [-0.1, -0.05) is 28.1 Å². The molecule has 0 amide bonds. The highest BCUT2D eigenvalue weighted by Gasteiger charge is 2.05. The van der Waals surface area contributed by atoms with Crippen molar-refractivity contribution < 1.29 is 9.90 Å². The Morgan fingerprint density at radius 2 is 1.89 bits per heavy atom. The van der Waals surface area contributed by atoms with Crippen LogP contribution in [0.25, 0.3) is 0 Å². The summed E-state index contributed by atoms with van der Waals surface area (Å²) in [6, 6.07) is 15.0. The Kier molecular flexibility index (Phi) is 4.22. The Labute approximate surface area is 120 Å². The maximum Gasteiger partial charge on any atom is 0.335 e. The van der Waals surface area contributed by atoms with Crippen LogP contribution < -0.4 is 4.90 Å². The van der Waals surface area contributed by atoms with Crippen LogP contribution in [0, 0.1) is 0 Å². The minimum atomic E-state index is -0.902. The lowest BCUT2D eigenvalue weighted by molar-refractivity contribution is 0.0697. The number of anilines is 1. The third-order valence-corrected chi connectivity index (χ3v) is 3.36. The van der Waals surface area contributed by atoms with E-state index in [4.69, 9.17) is 5.11 Å². The molecule has 2 aromatic carbocycles. The van der Waals surface area contributed by atoms with E-state index >= 15 is 0 Å². The van der Waals surface area contributed by atoms with Crippen LogP contribution in [-0.4, -0.2) is 18.1 Å². The molecule has 3 nitrogen and oxygen atoms in total. The fourth-order valence-electron chi connectivity index (χ4n) is 1.86. The predicted molar refractivity (Wildman–Crippen MR) is 79.7 cm³/mol. The van der Waals surface area contributed by atoms with Gasteiger partial charge in [-0.3, -0.25) is 0 Å². The van der Waals surface area contributed by atoms with Gasteiger partial charge in [0.25, 0.3) is 0 Å². The summed E-state index contributed by atoms with van der Waals surface area (Å²) in [6.07, 6.45) is 0. The van der Waals surface area contributed by atoms with Crippen molar-refractivity contribution in [1.29, 1.82) is 0 Å². The van der Waals surface area contributed by atoms with E-state index in [0.717, 1.165) is 16.7 Å². The van der Waals surface area contributed by atoms with Gasteiger partial charge in [0.15, 0.2) is 0 Å². The van der Waals surface area contributed by atoms with Gasteiger partial charge >= 0.3 is 5.97 Å². The molecule has 0 aliphatic rings. The molecule has 19 heavy (non-hydrogen) atoms. The van der Waals surface area contributed by atoms with Crippen molar-refractivity contribution >= 4 is 27.6 Å². The van der Waals surface area contributed by atoms with Gasteiger partial charge in [-0.25, -0.2) is 4.79 Å². The monoisotopic (exact) mass is 319 g/mol. The predicted octanol–water partition coefficient (Wildman–Crippen LogP) is 3.78.